The zero-order chi connectivity index (χ0) is 14.0. The summed E-state index contributed by atoms with van der Waals surface area (Å²) < 4.78 is 38.0. The molecule has 1 aliphatic heterocycles. The zero-order valence-corrected chi connectivity index (χ0v) is 10.6. The van der Waals surface area contributed by atoms with E-state index in [4.69, 9.17) is 0 Å². The Bertz CT molecular complexity index is 456. The Morgan fingerprint density at radius 3 is 2.74 bits per heavy atom. The molecule has 2 heterocycles. The Balaban J connectivity index is 2.09. The number of likely N-dealkylation sites (tertiary alicyclic amines) is 1. The number of carbonyl (C=O) groups excluding carboxylic acids is 1. The molecule has 104 valence electrons. The average Bonchev–Trinajstić information content (AvgIpc) is 2.38. The number of piperidine rings is 1. The first-order valence-corrected chi connectivity index (χ1v) is 6.16. The van der Waals surface area contributed by atoms with E-state index in [0.717, 1.165) is 5.69 Å². The molecule has 0 unspecified atom stereocenters. The highest BCUT2D eigenvalue weighted by Crippen LogP contribution is 2.33. The number of rotatable bonds is 1. The molecule has 6 heteroatoms. The van der Waals surface area contributed by atoms with Gasteiger partial charge in [0.1, 0.15) is 0 Å². The number of carbonyl (C=O) groups is 1. The fourth-order valence-corrected chi connectivity index (χ4v) is 2.21. The normalized spacial score (nSPS) is 20.4. The van der Waals surface area contributed by atoms with E-state index in [-0.39, 0.29) is 18.9 Å². The summed E-state index contributed by atoms with van der Waals surface area (Å²) in [6.45, 7) is 1.91. The van der Waals surface area contributed by atoms with E-state index >= 15 is 0 Å². The maximum atomic E-state index is 12.7. The molecule has 0 radical (unpaired) electrons. The Kier molecular flexibility index (Phi) is 3.78. The van der Waals surface area contributed by atoms with Crippen molar-refractivity contribution in [3.63, 3.8) is 0 Å². The van der Waals surface area contributed by atoms with Crippen molar-refractivity contribution >= 4 is 5.91 Å². The van der Waals surface area contributed by atoms with Crippen LogP contribution in [0.4, 0.5) is 13.2 Å². The average molecular weight is 272 g/mol. The van der Waals surface area contributed by atoms with Crippen LogP contribution in [0.5, 0.6) is 0 Å². The van der Waals surface area contributed by atoms with Crippen molar-refractivity contribution < 1.29 is 18.0 Å². The van der Waals surface area contributed by atoms with E-state index < -0.39 is 12.1 Å². The highest BCUT2D eigenvalue weighted by Gasteiger charge is 2.42. The third-order valence-corrected chi connectivity index (χ3v) is 3.33. The van der Waals surface area contributed by atoms with Crippen LogP contribution < -0.4 is 0 Å². The molecule has 0 aliphatic carbocycles. The molecular formula is C13H15F3N2O. The van der Waals surface area contributed by atoms with E-state index in [9.17, 15) is 18.0 Å². The second-order valence-electron chi connectivity index (χ2n) is 4.82. The van der Waals surface area contributed by atoms with E-state index in [2.05, 4.69) is 4.98 Å². The van der Waals surface area contributed by atoms with Crippen molar-refractivity contribution in [1.82, 2.24) is 9.88 Å². The van der Waals surface area contributed by atoms with E-state index in [1.165, 1.54) is 11.1 Å². The Morgan fingerprint density at radius 1 is 1.42 bits per heavy atom. The van der Waals surface area contributed by atoms with Gasteiger partial charge in [-0.25, -0.2) is 0 Å². The molecule has 1 fully saturated rings. The lowest BCUT2D eigenvalue weighted by Crippen LogP contribution is -2.44. The largest absolute Gasteiger partial charge is 0.393 e. The van der Waals surface area contributed by atoms with Gasteiger partial charge in [-0.05, 0) is 31.9 Å². The summed E-state index contributed by atoms with van der Waals surface area (Å²) in [5.74, 6) is -1.79. The number of hydrogen-bond acceptors (Lipinski definition) is 2. The summed E-state index contributed by atoms with van der Waals surface area (Å²) in [7, 11) is 0. The molecule has 2 rings (SSSR count). The van der Waals surface area contributed by atoms with Crippen molar-refractivity contribution in [2.24, 2.45) is 5.92 Å². The van der Waals surface area contributed by atoms with Crippen molar-refractivity contribution in [2.75, 3.05) is 13.1 Å². The summed E-state index contributed by atoms with van der Waals surface area (Å²) >= 11 is 0. The van der Waals surface area contributed by atoms with Gasteiger partial charge >= 0.3 is 6.18 Å². The predicted molar refractivity (Wildman–Crippen MR) is 63.7 cm³/mol. The van der Waals surface area contributed by atoms with Gasteiger partial charge in [0.25, 0.3) is 5.91 Å². The van der Waals surface area contributed by atoms with Gasteiger partial charge in [-0.1, -0.05) is 0 Å². The van der Waals surface area contributed by atoms with Crippen LogP contribution in [-0.2, 0) is 0 Å². The Hall–Kier alpha value is -1.59. The number of nitrogens with zero attached hydrogens (tertiary/aromatic N) is 2. The SMILES string of the molecule is Cc1ccc(C(=O)N2CCC[C@@H](C(F)(F)F)C2)cn1. The topological polar surface area (TPSA) is 33.2 Å². The summed E-state index contributed by atoms with van der Waals surface area (Å²) in [6.07, 6.45) is -2.34. The van der Waals surface area contributed by atoms with Crippen LogP contribution in [0.3, 0.4) is 0 Å². The van der Waals surface area contributed by atoms with Crippen molar-refractivity contribution in [3.05, 3.63) is 29.6 Å². The van der Waals surface area contributed by atoms with Crippen LogP contribution in [0.15, 0.2) is 18.3 Å². The molecule has 0 N–H and O–H groups in total. The van der Waals surface area contributed by atoms with Crippen molar-refractivity contribution in [3.8, 4) is 0 Å². The summed E-state index contributed by atoms with van der Waals surface area (Å²) in [4.78, 5) is 17.4. The molecule has 0 saturated carbocycles. The van der Waals surface area contributed by atoms with Crippen LogP contribution in [0.2, 0.25) is 0 Å². The molecule has 1 atom stereocenters. The second kappa shape index (κ2) is 5.19. The van der Waals surface area contributed by atoms with Crippen LogP contribution >= 0.6 is 0 Å². The minimum atomic E-state index is -4.23. The number of aryl methyl sites for hydroxylation is 1. The highest BCUT2D eigenvalue weighted by molar-refractivity contribution is 5.94. The highest BCUT2D eigenvalue weighted by atomic mass is 19.4. The van der Waals surface area contributed by atoms with Gasteiger partial charge in [0, 0.05) is 25.0 Å². The maximum absolute atomic E-state index is 12.7. The van der Waals surface area contributed by atoms with E-state index in [0.29, 0.717) is 18.5 Å². The van der Waals surface area contributed by atoms with Crippen LogP contribution in [-0.4, -0.2) is 35.1 Å². The monoisotopic (exact) mass is 272 g/mol. The van der Waals surface area contributed by atoms with E-state index in [1.54, 1.807) is 19.1 Å². The first-order valence-electron chi connectivity index (χ1n) is 6.16. The second-order valence-corrected chi connectivity index (χ2v) is 4.82. The third-order valence-electron chi connectivity index (χ3n) is 3.33. The molecular weight excluding hydrogens is 257 g/mol. The summed E-state index contributed by atoms with van der Waals surface area (Å²) in [5, 5.41) is 0. The molecule has 1 amide bonds. The first-order chi connectivity index (χ1) is 8.88. The maximum Gasteiger partial charge on any atom is 0.393 e. The lowest BCUT2D eigenvalue weighted by molar-refractivity contribution is -0.184. The quantitative estimate of drug-likeness (QED) is 0.787. The number of hydrogen-bond donors (Lipinski definition) is 0. The van der Waals surface area contributed by atoms with Gasteiger partial charge in [-0.3, -0.25) is 9.78 Å². The number of amides is 1. The van der Waals surface area contributed by atoms with Crippen LogP contribution in [0, 0.1) is 12.8 Å². The fraction of sp³-hybridized carbons (Fsp3) is 0.538. The predicted octanol–water partition coefficient (Wildman–Crippen LogP) is 2.80. The van der Waals surface area contributed by atoms with Gasteiger partial charge in [0.2, 0.25) is 0 Å². The van der Waals surface area contributed by atoms with E-state index in [1.807, 2.05) is 0 Å². The first kappa shape index (κ1) is 13.8. The lowest BCUT2D eigenvalue weighted by Gasteiger charge is -2.33. The number of pyridine rings is 1. The zero-order valence-electron chi connectivity index (χ0n) is 10.6. The van der Waals surface area contributed by atoms with Gasteiger partial charge in [-0.15, -0.1) is 0 Å². The van der Waals surface area contributed by atoms with Gasteiger partial charge in [-0.2, -0.15) is 13.2 Å². The molecule has 19 heavy (non-hydrogen) atoms. The number of aromatic nitrogens is 1. The molecule has 1 aromatic heterocycles. The molecule has 0 bridgehead atoms. The molecule has 1 aromatic rings. The van der Waals surface area contributed by atoms with Gasteiger partial charge in [0.05, 0.1) is 11.5 Å². The fourth-order valence-electron chi connectivity index (χ4n) is 2.21. The van der Waals surface area contributed by atoms with Gasteiger partial charge < -0.3 is 4.90 Å². The Morgan fingerprint density at radius 2 is 2.16 bits per heavy atom. The summed E-state index contributed by atoms with van der Waals surface area (Å²) in [5.41, 5.74) is 1.11. The summed E-state index contributed by atoms with van der Waals surface area (Å²) in [6, 6.07) is 3.28. The smallest absolute Gasteiger partial charge is 0.338 e. The van der Waals surface area contributed by atoms with Crippen molar-refractivity contribution in [1.29, 1.82) is 0 Å². The standard InChI is InChI=1S/C13H15F3N2O/c1-9-4-5-10(7-17-9)12(19)18-6-2-3-11(8-18)13(14,15)16/h4-5,7,11H,2-3,6,8H2,1H3/t11-/m1/s1. The van der Waals surface area contributed by atoms with Gasteiger partial charge in [0.15, 0.2) is 0 Å². The molecule has 0 spiro atoms. The van der Waals surface area contributed by atoms with Crippen LogP contribution in [0.25, 0.3) is 0 Å². The lowest BCUT2D eigenvalue weighted by atomic mass is 9.97. The molecule has 0 aromatic carbocycles. The van der Waals surface area contributed by atoms with Crippen LogP contribution in [0.1, 0.15) is 28.9 Å². The molecule has 3 nitrogen and oxygen atoms in total. The number of halogens is 3. The number of alkyl halides is 3. The molecule has 1 saturated heterocycles. The molecule has 1 aliphatic rings. The third kappa shape index (κ3) is 3.24. The minimum Gasteiger partial charge on any atom is -0.338 e. The van der Waals surface area contributed by atoms with Crippen molar-refractivity contribution in [2.45, 2.75) is 25.9 Å². The minimum absolute atomic E-state index is 0.0967. The Labute approximate surface area is 109 Å².